The Balaban J connectivity index is 1.42. The van der Waals surface area contributed by atoms with Crippen molar-refractivity contribution in [3.63, 3.8) is 0 Å². The summed E-state index contributed by atoms with van der Waals surface area (Å²) in [5, 5.41) is 3.54. The van der Waals surface area contributed by atoms with Crippen molar-refractivity contribution in [1.82, 2.24) is 29.1 Å². The number of anilines is 1. The fraction of sp³-hybridized carbons (Fsp3) is 0.308. The first-order valence-corrected chi connectivity index (χ1v) is 12.8. The zero-order valence-corrected chi connectivity index (χ0v) is 21.6. The summed E-state index contributed by atoms with van der Waals surface area (Å²) in [5.74, 6) is 2.25. The Morgan fingerprint density at radius 2 is 1.97 bits per heavy atom. The zero-order chi connectivity index (χ0) is 24.6. The lowest BCUT2D eigenvalue weighted by Crippen LogP contribution is -2.18. The number of fused-ring (bicyclic) bond motifs is 2. The molecule has 0 spiro atoms. The van der Waals surface area contributed by atoms with Crippen LogP contribution in [0.5, 0.6) is 5.75 Å². The number of hydrogen-bond donors (Lipinski definition) is 1. The molecule has 184 valence electrons. The molecule has 0 radical (unpaired) electrons. The number of hydrogen-bond acceptors (Lipinski definition) is 7. The average Bonchev–Trinajstić information content (AvgIpc) is 3.53. The molecule has 1 N–H and O–H groups in total. The molecule has 1 saturated heterocycles. The first-order chi connectivity index (χ1) is 17.7. The Kier molecular flexibility index (Phi) is 6.06. The molecule has 6 rings (SSSR count). The molecule has 36 heavy (non-hydrogen) atoms. The van der Waals surface area contributed by atoms with Crippen LogP contribution in [-0.2, 0) is 4.74 Å². The number of ether oxygens (including phenoxy) is 2. The van der Waals surface area contributed by atoms with Gasteiger partial charge >= 0.3 is 0 Å². The topological polar surface area (TPSA) is 91.9 Å². The lowest BCUT2D eigenvalue weighted by molar-refractivity contribution is -0.0298. The van der Waals surface area contributed by atoms with Gasteiger partial charge in [0.1, 0.15) is 24.1 Å². The van der Waals surface area contributed by atoms with Crippen molar-refractivity contribution in [3.05, 3.63) is 65.4 Å². The highest BCUT2D eigenvalue weighted by Gasteiger charge is 2.24. The van der Waals surface area contributed by atoms with Crippen molar-refractivity contribution in [2.75, 3.05) is 19.0 Å². The minimum Gasteiger partial charge on any atom is -0.495 e. The molecule has 0 bridgehead atoms. The lowest BCUT2D eigenvalue weighted by atomic mass is 10.2. The highest BCUT2D eigenvalue weighted by Crippen LogP contribution is 2.37. The molecule has 0 aliphatic carbocycles. The van der Waals surface area contributed by atoms with E-state index in [4.69, 9.17) is 14.5 Å². The van der Waals surface area contributed by atoms with Crippen LogP contribution in [0.15, 0.2) is 59.6 Å². The summed E-state index contributed by atoms with van der Waals surface area (Å²) in [5.41, 5.74) is 4.28. The van der Waals surface area contributed by atoms with Crippen molar-refractivity contribution in [1.29, 1.82) is 0 Å². The van der Waals surface area contributed by atoms with Crippen molar-refractivity contribution in [2.24, 2.45) is 0 Å². The standard InChI is InChI=1S/C26H26BrN7O2/c1-16(31-24-22-26(29-14-28-24)33(15-30-22)20-10-6-7-13-36-20)25-32-18-11-12-19(35-2)21(27)23(18)34(25)17-8-4-3-5-9-17/h3-5,8-9,11-12,14-16,20H,6-7,10,13H2,1-2H3,(H,28,29,31)/t16-,20?/m0/s1. The predicted molar refractivity (Wildman–Crippen MR) is 142 cm³/mol. The van der Waals surface area contributed by atoms with Gasteiger partial charge in [0, 0.05) is 12.3 Å². The molecule has 1 fully saturated rings. The molecule has 9 nitrogen and oxygen atoms in total. The van der Waals surface area contributed by atoms with Crippen LogP contribution in [0, 0.1) is 0 Å². The van der Waals surface area contributed by atoms with E-state index in [1.165, 1.54) is 0 Å². The van der Waals surface area contributed by atoms with E-state index in [0.29, 0.717) is 11.3 Å². The van der Waals surface area contributed by atoms with Crippen LogP contribution in [0.4, 0.5) is 5.82 Å². The third-order valence-electron chi connectivity index (χ3n) is 6.55. The van der Waals surface area contributed by atoms with Gasteiger partial charge in [0.25, 0.3) is 0 Å². The molecular formula is C26H26BrN7O2. The van der Waals surface area contributed by atoms with Crippen molar-refractivity contribution in [3.8, 4) is 11.4 Å². The number of nitrogens with one attached hydrogen (secondary N) is 1. The highest BCUT2D eigenvalue weighted by atomic mass is 79.9. The van der Waals surface area contributed by atoms with Crippen LogP contribution < -0.4 is 10.1 Å². The van der Waals surface area contributed by atoms with E-state index < -0.39 is 0 Å². The fourth-order valence-electron chi connectivity index (χ4n) is 4.79. The van der Waals surface area contributed by atoms with Gasteiger partial charge in [-0.15, -0.1) is 0 Å². The van der Waals surface area contributed by atoms with Gasteiger partial charge in [0.15, 0.2) is 17.0 Å². The molecule has 4 heterocycles. The maximum atomic E-state index is 5.96. The first-order valence-electron chi connectivity index (χ1n) is 12.0. The number of aromatic nitrogens is 6. The molecule has 0 saturated carbocycles. The summed E-state index contributed by atoms with van der Waals surface area (Å²) in [7, 11) is 1.66. The van der Waals surface area contributed by atoms with E-state index in [1.807, 2.05) is 34.9 Å². The van der Waals surface area contributed by atoms with Gasteiger partial charge in [-0.2, -0.15) is 0 Å². The summed E-state index contributed by atoms with van der Waals surface area (Å²) in [4.78, 5) is 18.7. The van der Waals surface area contributed by atoms with Gasteiger partial charge in [-0.1, -0.05) is 18.2 Å². The molecule has 3 aromatic heterocycles. The van der Waals surface area contributed by atoms with E-state index in [1.54, 1.807) is 19.8 Å². The summed E-state index contributed by atoms with van der Waals surface area (Å²) in [6.45, 7) is 2.83. The SMILES string of the molecule is COc1ccc2nc([C@H](C)Nc3ncnc4c3ncn4C3CCCCO3)n(-c3ccccc3)c2c1Br. The number of para-hydroxylation sites is 1. The lowest BCUT2D eigenvalue weighted by Gasteiger charge is -2.23. The molecule has 0 amide bonds. The van der Waals surface area contributed by atoms with Gasteiger partial charge in [-0.25, -0.2) is 19.9 Å². The van der Waals surface area contributed by atoms with Gasteiger partial charge < -0.3 is 14.8 Å². The summed E-state index contributed by atoms with van der Waals surface area (Å²) in [6, 6.07) is 13.9. The van der Waals surface area contributed by atoms with Crippen molar-refractivity contribution < 1.29 is 9.47 Å². The highest BCUT2D eigenvalue weighted by molar-refractivity contribution is 9.10. The maximum Gasteiger partial charge on any atom is 0.167 e. The minimum absolute atomic E-state index is 0.0430. The molecule has 2 aromatic carbocycles. The monoisotopic (exact) mass is 547 g/mol. The predicted octanol–water partition coefficient (Wildman–Crippen LogP) is 5.81. The second-order valence-corrected chi connectivity index (χ2v) is 9.62. The number of benzene rings is 2. The van der Waals surface area contributed by atoms with Crippen molar-refractivity contribution in [2.45, 2.75) is 38.5 Å². The third-order valence-corrected chi connectivity index (χ3v) is 7.31. The van der Waals surface area contributed by atoms with E-state index in [2.05, 4.69) is 59.8 Å². The quantitative estimate of drug-likeness (QED) is 0.286. The number of methoxy groups -OCH3 is 1. The number of nitrogens with zero attached hydrogens (tertiary/aromatic N) is 6. The smallest absolute Gasteiger partial charge is 0.167 e. The first kappa shape index (κ1) is 22.9. The fourth-order valence-corrected chi connectivity index (χ4v) is 5.47. The Morgan fingerprint density at radius 1 is 1.11 bits per heavy atom. The Bertz CT molecular complexity index is 1530. The van der Waals surface area contributed by atoms with E-state index >= 15 is 0 Å². The largest absolute Gasteiger partial charge is 0.495 e. The zero-order valence-electron chi connectivity index (χ0n) is 20.1. The van der Waals surface area contributed by atoms with Crippen LogP contribution >= 0.6 is 15.9 Å². The second-order valence-electron chi connectivity index (χ2n) is 8.82. The van der Waals surface area contributed by atoms with Gasteiger partial charge in [-0.05, 0) is 66.4 Å². The Labute approximate surface area is 216 Å². The molecule has 10 heteroatoms. The summed E-state index contributed by atoms with van der Waals surface area (Å²) in [6.07, 6.45) is 6.50. The Morgan fingerprint density at radius 3 is 2.75 bits per heavy atom. The number of halogens is 1. The molecule has 1 unspecified atom stereocenters. The van der Waals surface area contributed by atoms with Crippen molar-refractivity contribution >= 4 is 43.9 Å². The number of rotatable bonds is 6. The van der Waals surface area contributed by atoms with Gasteiger partial charge in [0.2, 0.25) is 0 Å². The van der Waals surface area contributed by atoms with E-state index in [-0.39, 0.29) is 12.3 Å². The minimum atomic E-state index is -0.190. The summed E-state index contributed by atoms with van der Waals surface area (Å²) >= 11 is 3.74. The van der Waals surface area contributed by atoms with Crippen LogP contribution in [0.3, 0.4) is 0 Å². The van der Waals surface area contributed by atoms with E-state index in [9.17, 15) is 0 Å². The van der Waals surface area contributed by atoms with Crippen LogP contribution in [-0.4, -0.2) is 42.8 Å². The molecular weight excluding hydrogens is 522 g/mol. The van der Waals surface area contributed by atoms with Gasteiger partial charge in [0.05, 0.1) is 35.0 Å². The third kappa shape index (κ3) is 3.90. The molecule has 5 aromatic rings. The Hall–Kier alpha value is -3.50. The number of imidazole rings is 2. The van der Waals surface area contributed by atoms with Crippen LogP contribution in [0.25, 0.3) is 27.9 Å². The van der Waals surface area contributed by atoms with Gasteiger partial charge in [-0.3, -0.25) is 9.13 Å². The van der Waals surface area contributed by atoms with E-state index in [0.717, 1.165) is 64.3 Å². The maximum absolute atomic E-state index is 5.96. The average molecular weight is 548 g/mol. The molecule has 1 aliphatic rings. The molecule has 1 aliphatic heterocycles. The molecule has 2 atom stereocenters. The second kappa shape index (κ2) is 9.51. The summed E-state index contributed by atoms with van der Waals surface area (Å²) < 4.78 is 16.5. The van der Waals surface area contributed by atoms with Crippen LogP contribution in [0.2, 0.25) is 0 Å². The van der Waals surface area contributed by atoms with Crippen LogP contribution in [0.1, 0.15) is 44.3 Å². The normalized spacial score (nSPS) is 16.9.